The molecule has 0 N–H and O–H groups in total. The van der Waals surface area contributed by atoms with E-state index in [9.17, 15) is 9.59 Å². The summed E-state index contributed by atoms with van der Waals surface area (Å²) in [6.07, 6.45) is 0.669. The highest BCUT2D eigenvalue weighted by atomic mass is 35.5. The number of ether oxygens (including phenoxy) is 1. The van der Waals surface area contributed by atoms with E-state index in [4.69, 9.17) is 11.6 Å². The first-order valence-corrected chi connectivity index (χ1v) is 7.39. The van der Waals surface area contributed by atoms with Crippen molar-refractivity contribution in [1.82, 2.24) is 4.90 Å². The molecule has 0 fully saturated rings. The van der Waals surface area contributed by atoms with Gasteiger partial charge in [-0.05, 0) is 23.6 Å². The molecule has 21 heavy (non-hydrogen) atoms. The molecule has 0 aliphatic heterocycles. The molecule has 5 heteroatoms. The van der Waals surface area contributed by atoms with Gasteiger partial charge in [0.2, 0.25) is 5.91 Å². The highest BCUT2D eigenvalue weighted by Gasteiger charge is 2.16. The van der Waals surface area contributed by atoms with E-state index < -0.39 is 0 Å². The number of carbonyl (C=O) groups is 2. The lowest BCUT2D eigenvalue weighted by Crippen LogP contribution is -2.33. The van der Waals surface area contributed by atoms with E-state index in [1.165, 1.54) is 7.11 Å². The maximum atomic E-state index is 12.3. The Morgan fingerprint density at radius 2 is 1.86 bits per heavy atom. The highest BCUT2D eigenvalue weighted by molar-refractivity contribution is 6.30. The van der Waals surface area contributed by atoms with Gasteiger partial charge in [0.05, 0.1) is 13.5 Å². The van der Waals surface area contributed by atoms with E-state index in [-0.39, 0.29) is 24.2 Å². The standard InChI is InChI=1S/C16H22ClNO3/c1-12(2)10-15(19)18(9-8-16(20)21-3)11-13-4-6-14(17)7-5-13/h4-7,12H,8-11H2,1-3H3. The molecule has 0 aromatic heterocycles. The quantitative estimate of drug-likeness (QED) is 0.726. The van der Waals surface area contributed by atoms with Crippen molar-refractivity contribution in [3.05, 3.63) is 34.9 Å². The number of hydrogen-bond donors (Lipinski definition) is 0. The van der Waals surface area contributed by atoms with Gasteiger partial charge in [0.15, 0.2) is 0 Å². The number of halogens is 1. The maximum absolute atomic E-state index is 12.3. The molecule has 1 rings (SSSR count). The molecular weight excluding hydrogens is 290 g/mol. The first-order chi connectivity index (χ1) is 9.92. The number of benzene rings is 1. The van der Waals surface area contributed by atoms with E-state index in [2.05, 4.69) is 4.74 Å². The third kappa shape index (κ3) is 6.63. The van der Waals surface area contributed by atoms with Crippen molar-refractivity contribution in [2.24, 2.45) is 5.92 Å². The monoisotopic (exact) mass is 311 g/mol. The Hall–Kier alpha value is -1.55. The van der Waals surface area contributed by atoms with Gasteiger partial charge in [-0.15, -0.1) is 0 Å². The number of hydrogen-bond acceptors (Lipinski definition) is 3. The van der Waals surface area contributed by atoms with Crippen molar-refractivity contribution in [1.29, 1.82) is 0 Å². The first kappa shape index (κ1) is 17.5. The molecule has 0 atom stereocenters. The van der Waals surface area contributed by atoms with Crippen LogP contribution in [0.3, 0.4) is 0 Å². The maximum Gasteiger partial charge on any atom is 0.307 e. The fourth-order valence-corrected chi connectivity index (χ4v) is 2.03. The van der Waals surface area contributed by atoms with Crippen molar-refractivity contribution in [3.63, 3.8) is 0 Å². The van der Waals surface area contributed by atoms with Crippen LogP contribution in [0, 0.1) is 5.92 Å². The predicted molar refractivity (Wildman–Crippen MR) is 83.0 cm³/mol. The van der Waals surface area contributed by atoms with Crippen LogP contribution in [0.2, 0.25) is 5.02 Å². The zero-order valence-corrected chi connectivity index (χ0v) is 13.5. The van der Waals surface area contributed by atoms with Gasteiger partial charge in [0, 0.05) is 24.5 Å². The average molecular weight is 312 g/mol. The van der Waals surface area contributed by atoms with Crippen LogP contribution in [-0.2, 0) is 20.9 Å². The number of nitrogens with zero attached hydrogens (tertiary/aromatic N) is 1. The Morgan fingerprint density at radius 3 is 2.38 bits per heavy atom. The van der Waals surface area contributed by atoms with E-state index >= 15 is 0 Å². The van der Waals surface area contributed by atoms with Crippen molar-refractivity contribution in [3.8, 4) is 0 Å². The Kier molecular flexibility index (Phi) is 7.23. The molecule has 4 nitrogen and oxygen atoms in total. The molecule has 0 unspecified atom stereocenters. The van der Waals surface area contributed by atoms with Crippen LogP contribution >= 0.6 is 11.6 Å². The summed E-state index contributed by atoms with van der Waals surface area (Å²) in [6.45, 7) is 4.83. The summed E-state index contributed by atoms with van der Waals surface area (Å²) in [5, 5.41) is 0.661. The second kappa shape index (κ2) is 8.67. The van der Waals surface area contributed by atoms with Crippen molar-refractivity contribution in [2.45, 2.75) is 33.2 Å². The van der Waals surface area contributed by atoms with Gasteiger partial charge in [-0.3, -0.25) is 9.59 Å². The number of esters is 1. The molecule has 0 saturated carbocycles. The van der Waals surface area contributed by atoms with Crippen LogP contribution in [0.25, 0.3) is 0 Å². The minimum Gasteiger partial charge on any atom is -0.469 e. The van der Waals surface area contributed by atoms with Gasteiger partial charge in [-0.2, -0.15) is 0 Å². The Bertz CT molecular complexity index is 471. The highest BCUT2D eigenvalue weighted by Crippen LogP contribution is 2.14. The van der Waals surface area contributed by atoms with Gasteiger partial charge in [0.25, 0.3) is 0 Å². The van der Waals surface area contributed by atoms with Gasteiger partial charge in [-0.1, -0.05) is 37.6 Å². The molecule has 0 aliphatic carbocycles. The molecule has 0 spiro atoms. The average Bonchev–Trinajstić information content (AvgIpc) is 2.44. The molecule has 0 heterocycles. The van der Waals surface area contributed by atoms with Crippen LogP contribution < -0.4 is 0 Å². The van der Waals surface area contributed by atoms with Crippen molar-refractivity contribution in [2.75, 3.05) is 13.7 Å². The number of methoxy groups -OCH3 is 1. The minimum absolute atomic E-state index is 0.0452. The van der Waals surface area contributed by atoms with Crippen LogP contribution in [0.5, 0.6) is 0 Å². The topological polar surface area (TPSA) is 46.6 Å². The fraction of sp³-hybridized carbons (Fsp3) is 0.500. The predicted octanol–water partition coefficient (Wildman–Crippen LogP) is 3.28. The van der Waals surface area contributed by atoms with Crippen molar-refractivity contribution >= 4 is 23.5 Å². The molecule has 0 saturated heterocycles. The van der Waals surface area contributed by atoms with E-state index in [0.29, 0.717) is 24.5 Å². The molecule has 0 radical (unpaired) electrons. The summed E-state index contributed by atoms with van der Waals surface area (Å²) in [5.41, 5.74) is 0.987. The molecule has 1 aromatic rings. The van der Waals surface area contributed by atoms with Gasteiger partial charge in [0.1, 0.15) is 0 Å². The molecule has 1 amide bonds. The van der Waals surface area contributed by atoms with Crippen molar-refractivity contribution < 1.29 is 14.3 Å². The molecule has 116 valence electrons. The third-order valence-corrected chi connectivity index (χ3v) is 3.29. The Morgan fingerprint density at radius 1 is 1.24 bits per heavy atom. The van der Waals surface area contributed by atoms with Crippen LogP contribution in [0.15, 0.2) is 24.3 Å². The zero-order chi connectivity index (χ0) is 15.8. The lowest BCUT2D eigenvalue weighted by atomic mass is 10.1. The van der Waals surface area contributed by atoms with Crippen LogP contribution in [0.1, 0.15) is 32.3 Å². The van der Waals surface area contributed by atoms with Gasteiger partial charge < -0.3 is 9.64 Å². The first-order valence-electron chi connectivity index (χ1n) is 7.01. The molecule has 0 aliphatic rings. The molecular formula is C16H22ClNO3. The summed E-state index contributed by atoms with van der Waals surface area (Å²) in [4.78, 5) is 25.2. The number of amides is 1. The van der Waals surface area contributed by atoms with Crippen LogP contribution in [0.4, 0.5) is 0 Å². The third-order valence-electron chi connectivity index (χ3n) is 3.04. The molecule has 1 aromatic carbocycles. The van der Waals surface area contributed by atoms with Gasteiger partial charge in [-0.25, -0.2) is 0 Å². The largest absolute Gasteiger partial charge is 0.469 e. The van der Waals surface area contributed by atoms with Gasteiger partial charge >= 0.3 is 5.97 Å². The lowest BCUT2D eigenvalue weighted by Gasteiger charge is -2.23. The summed E-state index contributed by atoms with van der Waals surface area (Å²) in [6, 6.07) is 7.36. The summed E-state index contributed by atoms with van der Waals surface area (Å²) in [7, 11) is 1.35. The second-order valence-electron chi connectivity index (χ2n) is 5.37. The normalized spacial score (nSPS) is 10.5. The number of carbonyl (C=O) groups excluding carboxylic acids is 2. The summed E-state index contributed by atoms with van der Waals surface area (Å²) >= 11 is 5.86. The minimum atomic E-state index is -0.312. The summed E-state index contributed by atoms with van der Waals surface area (Å²) in [5.74, 6) is 0.0145. The van der Waals surface area contributed by atoms with E-state index in [0.717, 1.165) is 5.56 Å². The second-order valence-corrected chi connectivity index (χ2v) is 5.80. The fourth-order valence-electron chi connectivity index (χ4n) is 1.91. The SMILES string of the molecule is COC(=O)CCN(Cc1ccc(Cl)cc1)C(=O)CC(C)C. The summed E-state index contributed by atoms with van der Waals surface area (Å²) < 4.78 is 4.63. The van der Waals surface area contributed by atoms with E-state index in [1.807, 2.05) is 26.0 Å². The smallest absolute Gasteiger partial charge is 0.307 e. The Labute approximate surface area is 131 Å². The van der Waals surface area contributed by atoms with Crippen LogP contribution in [-0.4, -0.2) is 30.4 Å². The zero-order valence-electron chi connectivity index (χ0n) is 12.8. The lowest BCUT2D eigenvalue weighted by molar-refractivity contribution is -0.142. The molecule has 0 bridgehead atoms. The number of rotatable bonds is 7. The van der Waals surface area contributed by atoms with E-state index in [1.54, 1.807) is 17.0 Å². The Balaban J connectivity index is 2.72.